The molecular weight excluding hydrogens is 318 g/mol. The predicted octanol–water partition coefficient (Wildman–Crippen LogP) is 2.29. The number of hydrogen-bond donors (Lipinski definition) is 1. The van der Waals surface area contributed by atoms with E-state index in [1.54, 1.807) is 11.2 Å². The monoisotopic (exact) mass is 341 g/mol. The van der Waals surface area contributed by atoms with Crippen molar-refractivity contribution in [1.29, 1.82) is 0 Å². The number of nitrogens with one attached hydrogen (secondary N) is 1. The lowest BCUT2D eigenvalue weighted by Crippen LogP contribution is -2.46. The van der Waals surface area contributed by atoms with Crippen LogP contribution in [-0.4, -0.2) is 53.6 Å². The molecule has 1 fully saturated rings. The molecule has 0 bridgehead atoms. The van der Waals surface area contributed by atoms with Crippen LogP contribution in [-0.2, 0) is 4.79 Å². The average Bonchev–Trinajstić information content (AvgIpc) is 2.63. The van der Waals surface area contributed by atoms with E-state index in [-0.39, 0.29) is 6.10 Å². The maximum Gasteiger partial charge on any atom is 0.209 e. The highest BCUT2D eigenvalue weighted by atomic mass is 16.5. The van der Waals surface area contributed by atoms with Crippen LogP contribution in [0.2, 0.25) is 0 Å². The summed E-state index contributed by atoms with van der Waals surface area (Å²) in [4.78, 5) is 23.4. The summed E-state index contributed by atoms with van der Waals surface area (Å²) >= 11 is 0. The number of rotatable bonds is 6. The van der Waals surface area contributed by atoms with Crippen LogP contribution in [0.15, 0.2) is 36.7 Å². The molecule has 0 unspecified atom stereocenters. The van der Waals surface area contributed by atoms with Gasteiger partial charge in [0.1, 0.15) is 23.7 Å². The largest absolute Gasteiger partial charge is 0.491 e. The van der Waals surface area contributed by atoms with Crippen molar-refractivity contribution in [2.45, 2.75) is 20.0 Å². The molecule has 2 aromatic rings. The molecule has 0 atom stereocenters. The summed E-state index contributed by atoms with van der Waals surface area (Å²) in [5, 5.41) is 3.28. The number of carbonyl (C=O) groups is 1. The molecule has 7 heteroatoms. The van der Waals surface area contributed by atoms with Crippen LogP contribution in [0.4, 0.5) is 17.3 Å². The van der Waals surface area contributed by atoms with Gasteiger partial charge in [-0.15, -0.1) is 0 Å². The van der Waals surface area contributed by atoms with Crippen molar-refractivity contribution in [3.63, 3.8) is 0 Å². The summed E-state index contributed by atoms with van der Waals surface area (Å²) in [6, 6.07) is 9.71. The van der Waals surface area contributed by atoms with Crippen molar-refractivity contribution >= 4 is 23.7 Å². The zero-order valence-electron chi connectivity index (χ0n) is 14.6. The van der Waals surface area contributed by atoms with Crippen molar-refractivity contribution in [1.82, 2.24) is 14.9 Å². The minimum atomic E-state index is 0.155. The number of piperazine rings is 1. The molecule has 1 saturated heterocycles. The third-order valence-corrected chi connectivity index (χ3v) is 3.94. The smallest absolute Gasteiger partial charge is 0.209 e. The predicted molar refractivity (Wildman–Crippen MR) is 97.4 cm³/mol. The van der Waals surface area contributed by atoms with E-state index in [0.29, 0.717) is 13.1 Å². The first-order valence-electron chi connectivity index (χ1n) is 8.44. The molecule has 132 valence electrons. The minimum Gasteiger partial charge on any atom is -0.491 e. The van der Waals surface area contributed by atoms with Gasteiger partial charge in [0.15, 0.2) is 0 Å². The van der Waals surface area contributed by atoms with Crippen molar-refractivity contribution in [3.05, 3.63) is 36.7 Å². The summed E-state index contributed by atoms with van der Waals surface area (Å²) < 4.78 is 5.65. The molecular formula is C18H23N5O2. The number of benzene rings is 1. The van der Waals surface area contributed by atoms with Gasteiger partial charge in [-0.3, -0.25) is 4.79 Å². The molecule has 7 nitrogen and oxygen atoms in total. The lowest BCUT2D eigenvalue weighted by molar-refractivity contribution is -0.118. The Labute approximate surface area is 147 Å². The average molecular weight is 341 g/mol. The second-order valence-corrected chi connectivity index (χ2v) is 6.21. The van der Waals surface area contributed by atoms with Crippen molar-refractivity contribution in [3.8, 4) is 5.75 Å². The number of nitrogens with zero attached hydrogens (tertiary/aromatic N) is 4. The molecule has 1 N–H and O–H groups in total. The molecule has 0 spiro atoms. The van der Waals surface area contributed by atoms with Crippen LogP contribution < -0.4 is 15.0 Å². The van der Waals surface area contributed by atoms with Gasteiger partial charge in [-0.2, -0.15) is 0 Å². The summed E-state index contributed by atoms with van der Waals surface area (Å²) in [5.41, 5.74) is 0.937. The second-order valence-electron chi connectivity index (χ2n) is 6.21. The Kier molecular flexibility index (Phi) is 5.33. The second kappa shape index (κ2) is 7.83. The van der Waals surface area contributed by atoms with Gasteiger partial charge in [0.2, 0.25) is 6.41 Å². The molecule has 1 aliphatic heterocycles. The first kappa shape index (κ1) is 17.0. The fraction of sp³-hybridized carbons (Fsp3) is 0.389. The van der Waals surface area contributed by atoms with Gasteiger partial charge in [0.25, 0.3) is 0 Å². The molecule has 1 aromatic heterocycles. The zero-order valence-corrected chi connectivity index (χ0v) is 14.6. The number of ether oxygens (including phenoxy) is 1. The highest BCUT2D eigenvalue weighted by Gasteiger charge is 2.17. The van der Waals surface area contributed by atoms with E-state index in [1.165, 1.54) is 0 Å². The normalized spacial score (nSPS) is 14.5. The number of hydrogen-bond acceptors (Lipinski definition) is 6. The molecule has 0 radical (unpaired) electrons. The standard InChI is InChI=1S/C18H23N5O2/c1-14(2)25-16-5-3-15(4-6-16)21-17-11-18(20-12-19-17)23-9-7-22(13-24)8-10-23/h3-6,11-14H,7-10H2,1-2H3,(H,19,20,21). The van der Waals surface area contributed by atoms with Gasteiger partial charge in [-0.25, -0.2) is 9.97 Å². The molecule has 1 aromatic carbocycles. The maximum atomic E-state index is 10.8. The Morgan fingerprint density at radius 2 is 1.84 bits per heavy atom. The van der Waals surface area contributed by atoms with Gasteiger partial charge in [-0.1, -0.05) is 0 Å². The molecule has 1 amide bonds. The minimum absolute atomic E-state index is 0.155. The van der Waals surface area contributed by atoms with Gasteiger partial charge in [0, 0.05) is 37.9 Å². The summed E-state index contributed by atoms with van der Waals surface area (Å²) in [6.07, 6.45) is 2.61. The topological polar surface area (TPSA) is 70.6 Å². The Bertz CT molecular complexity index is 697. The highest BCUT2D eigenvalue weighted by Crippen LogP contribution is 2.22. The number of carbonyl (C=O) groups excluding carboxylic acids is 1. The van der Waals surface area contributed by atoms with Crippen LogP contribution >= 0.6 is 0 Å². The summed E-state index contributed by atoms with van der Waals surface area (Å²) in [6.45, 7) is 6.99. The highest BCUT2D eigenvalue weighted by molar-refractivity contribution is 5.60. The van der Waals surface area contributed by atoms with Gasteiger partial charge in [0.05, 0.1) is 6.10 Å². The van der Waals surface area contributed by atoms with Crippen molar-refractivity contribution in [2.75, 3.05) is 36.4 Å². The van der Waals surface area contributed by atoms with E-state index in [4.69, 9.17) is 4.74 Å². The lowest BCUT2D eigenvalue weighted by Gasteiger charge is -2.33. The zero-order chi connectivity index (χ0) is 17.6. The Morgan fingerprint density at radius 3 is 2.48 bits per heavy atom. The number of aromatic nitrogens is 2. The molecule has 1 aliphatic rings. The number of anilines is 3. The molecule has 0 saturated carbocycles. The fourth-order valence-electron chi connectivity index (χ4n) is 2.68. The maximum absolute atomic E-state index is 10.8. The molecule has 3 rings (SSSR count). The third kappa shape index (κ3) is 4.59. The van der Waals surface area contributed by atoms with Crippen LogP contribution in [0, 0.1) is 0 Å². The van der Waals surface area contributed by atoms with E-state index in [0.717, 1.165) is 42.6 Å². The lowest BCUT2D eigenvalue weighted by atomic mass is 10.3. The Hall–Kier alpha value is -2.83. The fourth-order valence-corrected chi connectivity index (χ4v) is 2.68. The molecule has 0 aliphatic carbocycles. The first-order valence-corrected chi connectivity index (χ1v) is 8.44. The molecule has 25 heavy (non-hydrogen) atoms. The summed E-state index contributed by atoms with van der Waals surface area (Å²) in [7, 11) is 0. The van der Waals surface area contributed by atoms with Gasteiger partial charge >= 0.3 is 0 Å². The van der Waals surface area contributed by atoms with E-state index in [9.17, 15) is 4.79 Å². The van der Waals surface area contributed by atoms with Crippen LogP contribution in [0.5, 0.6) is 5.75 Å². The van der Waals surface area contributed by atoms with Gasteiger partial charge < -0.3 is 19.9 Å². The van der Waals surface area contributed by atoms with Crippen molar-refractivity contribution in [2.24, 2.45) is 0 Å². The van der Waals surface area contributed by atoms with E-state index in [1.807, 2.05) is 44.2 Å². The van der Waals surface area contributed by atoms with E-state index >= 15 is 0 Å². The Morgan fingerprint density at radius 1 is 1.12 bits per heavy atom. The first-order chi connectivity index (χ1) is 12.1. The van der Waals surface area contributed by atoms with Crippen molar-refractivity contribution < 1.29 is 9.53 Å². The third-order valence-electron chi connectivity index (χ3n) is 3.94. The summed E-state index contributed by atoms with van der Waals surface area (Å²) in [5.74, 6) is 2.44. The SMILES string of the molecule is CC(C)Oc1ccc(Nc2cc(N3CCN(C=O)CC3)ncn2)cc1. The van der Waals surface area contributed by atoms with Crippen LogP contribution in [0.25, 0.3) is 0 Å². The van der Waals surface area contributed by atoms with E-state index < -0.39 is 0 Å². The Balaban J connectivity index is 1.64. The van der Waals surface area contributed by atoms with Gasteiger partial charge in [-0.05, 0) is 38.1 Å². The van der Waals surface area contributed by atoms with E-state index in [2.05, 4.69) is 20.2 Å². The quantitative estimate of drug-likeness (QED) is 0.813. The number of amides is 1. The molecule has 2 heterocycles. The van der Waals surface area contributed by atoms with Crippen LogP contribution in [0.1, 0.15) is 13.8 Å². The van der Waals surface area contributed by atoms with Crippen LogP contribution in [0.3, 0.4) is 0 Å².